The van der Waals surface area contributed by atoms with Crippen LogP contribution in [-0.4, -0.2) is 40.1 Å². The van der Waals surface area contributed by atoms with Crippen molar-refractivity contribution in [2.24, 2.45) is 0 Å². The third-order valence-corrected chi connectivity index (χ3v) is 3.31. The highest BCUT2D eigenvalue weighted by Gasteiger charge is 2.26. The Balaban J connectivity index is 2.01. The lowest BCUT2D eigenvalue weighted by Crippen LogP contribution is -2.29. The van der Waals surface area contributed by atoms with Crippen LogP contribution in [0.4, 0.5) is 0 Å². The second kappa shape index (κ2) is 4.38. The van der Waals surface area contributed by atoms with Crippen molar-refractivity contribution in [2.75, 3.05) is 13.1 Å². The Labute approximate surface area is 105 Å². The average Bonchev–Trinajstić information content (AvgIpc) is 2.84. The zero-order chi connectivity index (χ0) is 12.5. The highest BCUT2D eigenvalue weighted by molar-refractivity contribution is 6.05. The average molecular weight is 242 g/mol. The van der Waals surface area contributed by atoms with Crippen molar-refractivity contribution in [1.29, 1.82) is 0 Å². The summed E-state index contributed by atoms with van der Waals surface area (Å²) in [7, 11) is 0. The van der Waals surface area contributed by atoms with Gasteiger partial charge in [0.05, 0.1) is 17.2 Å². The van der Waals surface area contributed by atoms with Crippen LogP contribution in [0.1, 0.15) is 16.8 Å². The van der Waals surface area contributed by atoms with Gasteiger partial charge in [0, 0.05) is 24.7 Å². The summed E-state index contributed by atoms with van der Waals surface area (Å²) < 4.78 is 0. The zero-order valence-corrected chi connectivity index (χ0v) is 9.91. The number of aliphatic hydroxyl groups excluding tert-OH is 1. The molecule has 1 N–H and O–H groups in total. The van der Waals surface area contributed by atoms with Gasteiger partial charge in [0.25, 0.3) is 5.91 Å². The maximum absolute atomic E-state index is 12.4. The SMILES string of the molecule is O=C(c1cccc2cccnc12)N1CCC(O)C1. The third kappa shape index (κ3) is 1.84. The van der Waals surface area contributed by atoms with Crippen LogP contribution < -0.4 is 0 Å². The van der Waals surface area contributed by atoms with E-state index in [1.54, 1.807) is 17.2 Å². The number of fused-ring (bicyclic) bond motifs is 1. The van der Waals surface area contributed by atoms with Gasteiger partial charge in [0.1, 0.15) is 0 Å². The lowest BCUT2D eigenvalue weighted by molar-refractivity contribution is 0.0766. The van der Waals surface area contributed by atoms with Crippen LogP contribution in [0.3, 0.4) is 0 Å². The van der Waals surface area contributed by atoms with E-state index in [4.69, 9.17) is 0 Å². The Hall–Kier alpha value is -1.94. The number of carbonyl (C=O) groups excluding carboxylic acids is 1. The number of nitrogens with zero attached hydrogens (tertiary/aromatic N) is 2. The summed E-state index contributed by atoms with van der Waals surface area (Å²) in [4.78, 5) is 18.4. The van der Waals surface area contributed by atoms with E-state index in [0.29, 0.717) is 25.1 Å². The first-order chi connectivity index (χ1) is 8.75. The number of amides is 1. The fourth-order valence-electron chi connectivity index (χ4n) is 2.37. The van der Waals surface area contributed by atoms with Crippen LogP contribution in [0.5, 0.6) is 0 Å². The second-order valence-electron chi connectivity index (χ2n) is 4.57. The van der Waals surface area contributed by atoms with Crippen LogP contribution in [0.15, 0.2) is 36.5 Å². The van der Waals surface area contributed by atoms with Crippen molar-refractivity contribution in [3.05, 3.63) is 42.1 Å². The summed E-state index contributed by atoms with van der Waals surface area (Å²) in [6, 6.07) is 9.40. The number of carbonyl (C=O) groups is 1. The van der Waals surface area contributed by atoms with Crippen molar-refractivity contribution in [3.63, 3.8) is 0 Å². The van der Waals surface area contributed by atoms with E-state index in [2.05, 4.69) is 4.98 Å². The van der Waals surface area contributed by atoms with E-state index in [1.807, 2.05) is 24.3 Å². The highest BCUT2D eigenvalue weighted by Crippen LogP contribution is 2.20. The van der Waals surface area contributed by atoms with Crippen molar-refractivity contribution >= 4 is 16.8 Å². The molecule has 1 aliphatic heterocycles. The molecule has 1 aromatic heterocycles. The van der Waals surface area contributed by atoms with Crippen LogP contribution >= 0.6 is 0 Å². The van der Waals surface area contributed by atoms with Crippen LogP contribution in [0.25, 0.3) is 10.9 Å². The number of likely N-dealkylation sites (tertiary alicyclic amines) is 1. The van der Waals surface area contributed by atoms with Crippen molar-refractivity contribution < 1.29 is 9.90 Å². The van der Waals surface area contributed by atoms with Gasteiger partial charge in [-0.3, -0.25) is 9.78 Å². The molecule has 1 aliphatic rings. The summed E-state index contributed by atoms with van der Waals surface area (Å²) in [6.45, 7) is 1.03. The molecule has 0 saturated carbocycles. The minimum Gasteiger partial charge on any atom is -0.391 e. The standard InChI is InChI=1S/C14H14N2O2/c17-11-6-8-16(9-11)14(18)12-5-1-3-10-4-2-7-15-13(10)12/h1-5,7,11,17H,6,8-9H2. The van der Waals surface area contributed by atoms with Crippen molar-refractivity contribution in [3.8, 4) is 0 Å². The number of β-amino-alcohol motifs (C(OH)–C–C–N with tert-alkyl or cyclic N) is 1. The van der Waals surface area contributed by atoms with Crippen LogP contribution in [-0.2, 0) is 0 Å². The van der Waals surface area contributed by atoms with E-state index >= 15 is 0 Å². The van der Waals surface area contributed by atoms with Crippen molar-refractivity contribution in [1.82, 2.24) is 9.88 Å². The fraction of sp³-hybridized carbons (Fsp3) is 0.286. The number of pyridine rings is 1. The van der Waals surface area contributed by atoms with Gasteiger partial charge < -0.3 is 10.0 Å². The number of para-hydroxylation sites is 1. The van der Waals surface area contributed by atoms with Crippen molar-refractivity contribution in [2.45, 2.75) is 12.5 Å². The van der Waals surface area contributed by atoms with Gasteiger partial charge in [-0.1, -0.05) is 18.2 Å². The molecule has 92 valence electrons. The first-order valence-electron chi connectivity index (χ1n) is 6.07. The number of hydrogen-bond acceptors (Lipinski definition) is 3. The lowest BCUT2D eigenvalue weighted by atomic mass is 10.1. The van der Waals surface area contributed by atoms with Gasteiger partial charge in [0.2, 0.25) is 0 Å². The van der Waals surface area contributed by atoms with Gasteiger partial charge in [-0.05, 0) is 18.6 Å². The van der Waals surface area contributed by atoms with E-state index in [1.165, 1.54) is 0 Å². The summed E-state index contributed by atoms with van der Waals surface area (Å²) in [6.07, 6.45) is 1.96. The molecule has 4 nitrogen and oxygen atoms in total. The summed E-state index contributed by atoms with van der Waals surface area (Å²) in [5.41, 5.74) is 1.34. The predicted molar refractivity (Wildman–Crippen MR) is 68.3 cm³/mol. The molecular weight excluding hydrogens is 228 g/mol. The van der Waals surface area contributed by atoms with E-state index in [9.17, 15) is 9.90 Å². The Morgan fingerprint density at radius 3 is 2.94 bits per heavy atom. The molecule has 0 radical (unpaired) electrons. The van der Waals surface area contributed by atoms with Crippen LogP contribution in [0, 0.1) is 0 Å². The Morgan fingerprint density at radius 2 is 2.17 bits per heavy atom. The lowest BCUT2D eigenvalue weighted by Gasteiger charge is -2.16. The quantitative estimate of drug-likeness (QED) is 0.823. The largest absolute Gasteiger partial charge is 0.391 e. The molecule has 4 heteroatoms. The molecule has 1 unspecified atom stereocenters. The minimum absolute atomic E-state index is 0.0455. The number of aliphatic hydroxyl groups is 1. The third-order valence-electron chi connectivity index (χ3n) is 3.31. The van der Waals surface area contributed by atoms with E-state index in [0.717, 1.165) is 10.9 Å². The number of rotatable bonds is 1. The molecule has 2 aromatic rings. The second-order valence-corrected chi connectivity index (χ2v) is 4.57. The smallest absolute Gasteiger partial charge is 0.256 e. The topological polar surface area (TPSA) is 53.4 Å². The molecule has 3 rings (SSSR count). The molecule has 1 atom stereocenters. The molecule has 0 bridgehead atoms. The number of aromatic nitrogens is 1. The normalized spacial score (nSPS) is 19.4. The molecule has 1 saturated heterocycles. The molecule has 1 amide bonds. The van der Waals surface area contributed by atoms with Gasteiger partial charge in [-0.15, -0.1) is 0 Å². The molecule has 0 aliphatic carbocycles. The zero-order valence-electron chi connectivity index (χ0n) is 9.91. The maximum atomic E-state index is 12.4. The van der Waals surface area contributed by atoms with Gasteiger partial charge in [-0.25, -0.2) is 0 Å². The first kappa shape index (κ1) is 11.2. The Bertz CT molecular complexity index is 592. The molecule has 18 heavy (non-hydrogen) atoms. The van der Waals surface area contributed by atoms with Gasteiger partial charge >= 0.3 is 0 Å². The summed E-state index contributed by atoms with van der Waals surface area (Å²) in [5.74, 6) is -0.0455. The van der Waals surface area contributed by atoms with E-state index in [-0.39, 0.29) is 5.91 Å². The van der Waals surface area contributed by atoms with Gasteiger partial charge in [-0.2, -0.15) is 0 Å². The molecular formula is C14H14N2O2. The highest BCUT2D eigenvalue weighted by atomic mass is 16.3. The van der Waals surface area contributed by atoms with Gasteiger partial charge in [0.15, 0.2) is 0 Å². The molecule has 1 aromatic carbocycles. The maximum Gasteiger partial charge on any atom is 0.256 e. The molecule has 2 heterocycles. The summed E-state index contributed by atoms with van der Waals surface area (Å²) in [5, 5.41) is 10.5. The van der Waals surface area contributed by atoms with E-state index < -0.39 is 6.10 Å². The number of benzene rings is 1. The first-order valence-corrected chi connectivity index (χ1v) is 6.07. The molecule has 1 fully saturated rings. The summed E-state index contributed by atoms with van der Waals surface area (Å²) >= 11 is 0. The number of hydrogen-bond donors (Lipinski definition) is 1. The minimum atomic E-state index is -0.392. The Morgan fingerprint density at radius 1 is 1.33 bits per heavy atom. The molecule has 0 spiro atoms. The van der Waals surface area contributed by atoms with Crippen LogP contribution in [0.2, 0.25) is 0 Å². The predicted octanol–water partition coefficient (Wildman–Crippen LogP) is 1.44. The fourth-order valence-corrected chi connectivity index (χ4v) is 2.37. The monoisotopic (exact) mass is 242 g/mol. The Kier molecular flexibility index (Phi) is 2.72.